The summed E-state index contributed by atoms with van der Waals surface area (Å²) in [7, 11) is 1.58. The lowest BCUT2D eigenvalue weighted by Crippen LogP contribution is -2.54. The SMILES string of the molecule is COc1cc(NC2CC3CC(CCC#N)CC(C2)N3)nc(Nc2ncc(CO)s2)n1. The molecule has 2 fully saturated rings. The molecule has 2 bridgehead atoms. The second-order valence-corrected chi connectivity index (χ2v) is 9.06. The van der Waals surface area contributed by atoms with Crippen molar-refractivity contribution in [2.24, 2.45) is 5.92 Å². The van der Waals surface area contributed by atoms with Gasteiger partial charge in [0, 0.05) is 36.8 Å². The van der Waals surface area contributed by atoms with Crippen LogP contribution in [0.25, 0.3) is 0 Å². The molecule has 2 atom stereocenters. The molecule has 0 radical (unpaired) electrons. The van der Waals surface area contributed by atoms with E-state index in [1.165, 1.54) is 11.3 Å². The van der Waals surface area contributed by atoms with Gasteiger partial charge in [-0.1, -0.05) is 11.3 Å². The maximum Gasteiger partial charge on any atom is 0.234 e. The number of anilines is 3. The number of methoxy groups -OCH3 is 1. The van der Waals surface area contributed by atoms with Crippen molar-refractivity contribution in [2.75, 3.05) is 17.7 Å². The summed E-state index contributed by atoms with van der Waals surface area (Å²) in [5.41, 5.74) is 0. The first-order valence-electron chi connectivity index (χ1n) is 10.3. The monoisotopic (exact) mass is 429 g/mol. The molecule has 0 aliphatic carbocycles. The fraction of sp³-hybridized carbons (Fsp3) is 0.600. The highest BCUT2D eigenvalue weighted by atomic mass is 32.1. The van der Waals surface area contributed by atoms with Crippen molar-refractivity contribution in [3.05, 3.63) is 17.1 Å². The lowest BCUT2D eigenvalue weighted by atomic mass is 9.77. The Balaban J connectivity index is 1.41. The zero-order chi connectivity index (χ0) is 20.9. The molecule has 0 aromatic carbocycles. The number of aliphatic hydroxyl groups is 1. The van der Waals surface area contributed by atoms with Crippen molar-refractivity contribution >= 4 is 28.2 Å². The highest BCUT2D eigenvalue weighted by Crippen LogP contribution is 2.33. The Labute approximate surface area is 179 Å². The van der Waals surface area contributed by atoms with Crippen LogP contribution in [0, 0.1) is 17.2 Å². The summed E-state index contributed by atoms with van der Waals surface area (Å²) in [6.07, 6.45) is 7.62. The number of aliphatic hydroxyl groups excluding tert-OH is 1. The van der Waals surface area contributed by atoms with E-state index in [0.29, 0.717) is 53.2 Å². The van der Waals surface area contributed by atoms with Crippen LogP contribution in [0.1, 0.15) is 43.4 Å². The van der Waals surface area contributed by atoms with E-state index in [4.69, 9.17) is 10.00 Å². The predicted octanol–water partition coefficient (Wildman–Crippen LogP) is 2.79. The minimum Gasteiger partial charge on any atom is -0.481 e. The second-order valence-electron chi connectivity index (χ2n) is 7.94. The summed E-state index contributed by atoms with van der Waals surface area (Å²) in [4.78, 5) is 13.9. The first kappa shape index (κ1) is 20.8. The van der Waals surface area contributed by atoms with Gasteiger partial charge in [-0.05, 0) is 38.0 Å². The van der Waals surface area contributed by atoms with Crippen molar-refractivity contribution in [2.45, 2.75) is 63.3 Å². The van der Waals surface area contributed by atoms with Gasteiger partial charge in [0.25, 0.3) is 0 Å². The molecule has 4 rings (SSSR count). The minimum atomic E-state index is -0.0411. The first-order chi connectivity index (χ1) is 14.6. The molecule has 10 heteroatoms. The van der Waals surface area contributed by atoms with Crippen LogP contribution in [0.5, 0.6) is 5.88 Å². The van der Waals surface area contributed by atoms with Crippen LogP contribution in [0.2, 0.25) is 0 Å². The molecule has 2 saturated heterocycles. The quantitative estimate of drug-likeness (QED) is 0.501. The van der Waals surface area contributed by atoms with Gasteiger partial charge >= 0.3 is 0 Å². The van der Waals surface area contributed by atoms with Gasteiger partial charge in [-0.25, -0.2) is 4.98 Å². The van der Waals surface area contributed by atoms with Crippen molar-refractivity contribution < 1.29 is 9.84 Å². The van der Waals surface area contributed by atoms with Crippen LogP contribution in [-0.4, -0.2) is 45.3 Å². The largest absolute Gasteiger partial charge is 0.481 e. The van der Waals surface area contributed by atoms with Crippen LogP contribution in [-0.2, 0) is 6.61 Å². The zero-order valence-corrected chi connectivity index (χ0v) is 17.8. The summed E-state index contributed by atoms with van der Waals surface area (Å²) in [6, 6.07) is 5.37. The molecule has 4 N–H and O–H groups in total. The van der Waals surface area contributed by atoms with Crippen molar-refractivity contribution in [1.82, 2.24) is 20.3 Å². The summed E-state index contributed by atoms with van der Waals surface area (Å²) in [6.45, 7) is -0.0411. The molecule has 2 aromatic rings. The number of aromatic nitrogens is 3. The Morgan fingerprint density at radius 3 is 2.77 bits per heavy atom. The highest BCUT2D eigenvalue weighted by molar-refractivity contribution is 7.15. The molecule has 160 valence electrons. The third-order valence-corrected chi connectivity index (χ3v) is 6.60. The molecule has 4 heterocycles. The fourth-order valence-electron chi connectivity index (χ4n) is 4.51. The number of nitrogens with zero attached hydrogens (tertiary/aromatic N) is 4. The van der Waals surface area contributed by atoms with Gasteiger partial charge in [-0.15, -0.1) is 0 Å². The fourth-order valence-corrected chi connectivity index (χ4v) is 5.17. The van der Waals surface area contributed by atoms with Gasteiger partial charge < -0.3 is 20.5 Å². The molecule has 0 amide bonds. The number of fused-ring (bicyclic) bond motifs is 2. The number of piperidine rings is 2. The maximum absolute atomic E-state index is 9.21. The Morgan fingerprint density at radius 2 is 2.10 bits per heavy atom. The lowest BCUT2D eigenvalue weighted by molar-refractivity contribution is 0.171. The number of rotatable bonds is 8. The third kappa shape index (κ3) is 5.16. The highest BCUT2D eigenvalue weighted by Gasteiger charge is 2.35. The van der Waals surface area contributed by atoms with Crippen molar-refractivity contribution in [1.29, 1.82) is 5.26 Å². The summed E-state index contributed by atoms with van der Waals surface area (Å²) in [5.74, 6) is 2.24. The van der Waals surface area contributed by atoms with Gasteiger partial charge in [-0.3, -0.25) is 5.32 Å². The van der Waals surface area contributed by atoms with E-state index in [9.17, 15) is 5.11 Å². The molecule has 2 aromatic heterocycles. The predicted molar refractivity (Wildman–Crippen MR) is 115 cm³/mol. The van der Waals surface area contributed by atoms with Gasteiger partial charge in [0.15, 0.2) is 5.13 Å². The van der Waals surface area contributed by atoms with Crippen LogP contribution in [0.4, 0.5) is 16.9 Å². The van der Waals surface area contributed by atoms with E-state index in [2.05, 4.69) is 37.0 Å². The number of ether oxygens (including phenoxy) is 1. The molecule has 2 aliphatic heterocycles. The average Bonchev–Trinajstić information content (AvgIpc) is 3.19. The van der Waals surface area contributed by atoms with Gasteiger partial charge in [-0.2, -0.15) is 15.2 Å². The molecular weight excluding hydrogens is 402 g/mol. The van der Waals surface area contributed by atoms with Crippen LogP contribution in [0.3, 0.4) is 0 Å². The van der Waals surface area contributed by atoms with Crippen molar-refractivity contribution in [3.8, 4) is 11.9 Å². The van der Waals surface area contributed by atoms with Crippen LogP contribution < -0.4 is 20.7 Å². The summed E-state index contributed by atoms with van der Waals surface area (Å²) in [5, 5.41) is 29.1. The second kappa shape index (κ2) is 9.55. The zero-order valence-electron chi connectivity index (χ0n) is 17.0. The molecule has 0 saturated carbocycles. The van der Waals surface area contributed by atoms with Gasteiger partial charge in [0.05, 0.1) is 24.7 Å². The first-order valence-corrected chi connectivity index (χ1v) is 11.1. The van der Waals surface area contributed by atoms with Gasteiger partial charge in [0.1, 0.15) is 5.82 Å². The number of hydrogen-bond acceptors (Lipinski definition) is 10. The maximum atomic E-state index is 9.21. The van der Waals surface area contributed by atoms with Crippen LogP contribution >= 0.6 is 11.3 Å². The molecule has 9 nitrogen and oxygen atoms in total. The average molecular weight is 430 g/mol. The Hall–Kier alpha value is -2.48. The Bertz CT molecular complexity index is 886. The van der Waals surface area contributed by atoms with Crippen molar-refractivity contribution in [3.63, 3.8) is 0 Å². The molecule has 2 aliphatic rings. The smallest absolute Gasteiger partial charge is 0.234 e. The minimum absolute atomic E-state index is 0.0411. The van der Waals surface area contributed by atoms with Gasteiger partial charge in [0.2, 0.25) is 11.8 Å². The molecule has 2 unspecified atom stereocenters. The number of hydrogen-bond donors (Lipinski definition) is 4. The summed E-state index contributed by atoms with van der Waals surface area (Å²) >= 11 is 1.36. The number of nitriles is 1. The third-order valence-electron chi connectivity index (χ3n) is 5.70. The Kier molecular flexibility index (Phi) is 6.62. The number of nitrogens with one attached hydrogen (secondary N) is 3. The van der Waals surface area contributed by atoms with E-state index in [1.807, 2.05) is 0 Å². The molecule has 30 heavy (non-hydrogen) atoms. The van der Waals surface area contributed by atoms with E-state index in [-0.39, 0.29) is 6.61 Å². The number of thiazole rings is 1. The Morgan fingerprint density at radius 1 is 1.30 bits per heavy atom. The van der Waals surface area contributed by atoms with E-state index in [1.54, 1.807) is 19.4 Å². The summed E-state index contributed by atoms with van der Waals surface area (Å²) < 4.78 is 5.35. The molecular formula is C20H27N7O2S. The topological polar surface area (TPSA) is 128 Å². The van der Waals surface area contributed by atoms with E-state index >= 15 is 0 Å². The van der Waals surface area contributed by atoms with E-state index < -0.39 is 0 Å². The lowest BCUT2D eigenvalue weighted by Gasteiger charge is -2.44. The normalized spacial score (nSPS) is 25.4. The standard InChI is InChI=1S/C20H27N7O2S/c1-29-18-9-17(25-19(26-18)27-20-22-10-16(11-28)30-20)24-15-7-13-5-12(3-2-4-21)6-14(8-15)23-13/h9-10,12-15,23,28H,2-3,5-8,11H2,1H3,(H2,22,24,25,26,27). The van der Waals surface area contributed by atoms with E-state index in [0.717, 1.165) is 37.0 Å². The van der Waals surface area contributed by atoms with Crippen LogP contribution in [0.15, 0.2) is 12.3 Å². The molecule has 0 spiro atoms.